The van der Waals surface area contributed by atoms with Gasteiger partial charge in [-0.05, 0) is 37.8 Å². The molecule has 0 bridgehead atoms. The molecule has 11 heteroatoms. The second kappa shape index (κ2) is 13.5. The van der Waals surface area contributed by atoms with Crippen LogP contribution in [0.5, 0.6) is 5.75 Å². The molecule has 2 saturated carbocycles. The zero-order valence-corrected chi connectivity index (χ0v) is 22.9. The number of aromatic amines is 1. The second-order valence-electron chi connectivity index (χ2n) is 10.7. The third-order valence-corrected chi connectivity index (χ3v) is 7.94. The maximum atomic E-state index is 13.9. The summed E-state index contributed by atoms with van der Waals surface area (Å²) in [4.78, 5) is 70.2. The van der Waals surface area contributed by atoms with Crippen LogP contribution in [0.4, 0.5) is 0 Å². The van der Waals surface area contributed by atoms with E-state index >= 15 is 0 Å². The van der Waals surface area contributed by atoms with Crippen molar-refractivity contribution in [1.82, 2.24) is 20.1 Å². The van der Waals surface area contributed by atoms with Gasteiger partial charge in [-0.3, -0.25) is 24.0 Å². The summed E-state index contributed by atoms with van der Waals surface area (Å²) in [5.74, 6) is -3.57. The van der Waals surface area contributed by atoms with Crippen molar-refractivity contribution in [2.45, 2.75) is 76.3 Å². The number of Topliss-reactive ketones (excluding diaryl/α,β-unsaturated/α-hetero) is 1. The van der Waals surface area contributed by atoms with E-state index in [1.165, 1.54) is 13.3 Å². The molecule has 216 valence electrons. The van der Waals surface area contributed by atoms with Crippen molar-refractivity contribution in [2.24, 2.45) is 0 Å². The van der Waals surface area contributed by atoms with Crippen LogP contribution in [0.1, 0.15) is 74.6 Å². The quantitative estimate of drug-likeness (QED) is 0.286. The number of aromatic nitrogens is 1. The first kappa shape index (κ1) is 29.1. The molecule has 1 heterocycles. The summed E-state index contributed by atoms with van der Waals surface area (Å²) < 4.78 is 5.22. The van der Waals surface area contributed by atoms with Gasteiger partial charge in [0.25, 0.3) is 11.7 Å². The van der Waals surface area contributed by atoms with Gasteiger partial charge in [-0.2, -0.15) is 0 Å². The van der Waals surface area contributed by atoms with E-state index in [9.17, 15) is 24.0 Å². The lowest BCUT2D eigenvalue weighted by Crippen LogP contribution is -2.54. The predicted octanol–water partition coefficient (Wildman–Crippen LogP) is 2.88. The monoisotopic (exact) mass is 554 g/mol. The van der Waals surface area contributed by atoms with Crippen molar-refractivity contribution in [3.8, 4) is 5.75 Å². The number of methoxy groups -OCH3 is 1. The molecule has 40 heavy (non-hydrogen) atoms. The van der Waals surface area contributed by atoms with Crippen LogP contribution in [0.3, 0.4) is 0 Å². The van der Waals surface area contributed by atoms with Crippen LogP contribution in [-0.4, -0.2) is 88.2 Å². The van der Waals surface area contributed by atoms with E-state index in [0.717, 1.165) is 69.1 Å². The molecule has 0 unspecified atom stereocenters. The van der Waals surface area contributed by atoms with Crippen LogP contribution in [0.15, 0.2) is 24.4 Å². The number of benzene rings is 1. The van der Waals surface area contributed by atoms with Gasteiger partial charge < -0.3 is 29.9 Å². The molecule has 3 N–H and O–H groups in total. The maximum absolute atomic E-state index is 13.9. The molecular formula is C29H38N4O7. The normalized spacial score (nSPS) is 16.3. The molecule has 3 amide bonds. The maximum Gasteiger partial charge on any atom is 0.322 e. The summed E-state index contributed by atoms with van der Waals surface area (Å²) in [6.45, 7) is -1.68. The van der Waals surface area contributed by atoms with E-state index < -0.39 is 43.2 Å². The summed E-state index contributed by atoms with van der Waals surface area (Å²) in [6.07, 6.45) is 11.4. The first-order valence-corrected chi connectivity index (χ1v) is 14.1. The highest BCUT2D eigenvalue weighted by atomic mass is 16.5. The van der Waals surface area contributed by atoms with Crippen LogP contribution >= 0.6 is 0 Å². The predicted molar refractivity (Wildman–Crippen MR) is 147 cm³/mol. The number of carbonyl (C=O) groups is 5. The lowest BCUT2D eigenvalue weighted by atomic mass is 9.88. The largest absolute Gasteiger partial charge is 0.497 e. The summed E-state index contributed by atoms with van der Waals surface area (Å²) in [5.41, 5.74) is 0.709. The molecule has 2 aromatic rings. The van der Waals surface area contributed by atoms with E-state index in [1.54, 1.807) is 18.2 Å². The molecule has 2 aliphatic rings. The Morgan fingerprint density at radius 2 is 1.57 bits per heavy atom. The minimum Gasteiger partial charge on any atom is -0.497 e. The molecule has 0 aliphatic heterocycles. The molecule has 0 radical (unpaired) electrons. The summed E-state index contributed by atoms with van der Waals surface area (Å²) >= 11 is 0. The molecule has 1 aromatic heterocycles. The number of fused-ring (bicyclic) bond motifs is 1. The Labute approximate surface area is 233 Å². The number of nitrogens with one attached hydrogen (secondary N) is 2. The molecule has 2 fully saturated rings. The van der Waals surface area contributed by atoms with Gasteiger partial charge in [0.15, 0.2) is 0 Å². The number of hydrogen-bond donors (Lipinski definition) is 3. The zero-order valence-electron chi connectivity index (χ0n) is 22.9. The molecule has 0 atom stereocenters. The lowest BCUT2D eigenvalue weighted by Gasteiger charge is -2.42. The number of amides is 3. The van der Waals surface area contributed by atoms with Gasteiger partial charge >= 0.3 is 5.97 Å². The fraction of sp³-hybridized carbons (Fsp3) is 0.552. The van der Waals surface area contributed by atoms with E-state index in [2.05, 4.69) is 10.3 Å². The molecule has 0 saturated heterocycles. The van der Waals surface area contributed by atoms with Crippen molar-refractivity contribution in [1.29, 1.82) is 0 Å². The summed E-state index contributed by atoms with van der Waals surface area (Å²) in [6, 6.07) is 5.17. The Bertz CT molecular complexity index is 1230. The number of hydrogen-bond acceptors (Lipinski definition) is 6. The number of carboxylic acid groups (broad SMARTS) is 1. The average Bonchev–Trinajstić information content (AvgIpc) is 3.39. The third-order valence-electron chi connectivity index (χ3n) is 7.94. The molecule has 0 spiro atoms. The smallest absolute Gasteiger partial charge is 0.322 e. The summed E-state index contributed by atoms with van der Waals surface area (Å²) in [7, 11) is 1.52. The van der Waals surface area contributed by atoms with Gasteiger partial charge in [0.05, 0.1) is 12.7 Å². The van der Waals surface area contributed by atoms with Crippen LogP contribution in [-0.2, 0) is 19.2 Å². The number of rotatable bonds is 11. The highest BCUT2D eigenvalue weighted by molar-refractivity contribution is 6.45. The molecular weight excluding hydrogens is 516 g/mol. The van der Waals surface area contributed by atoms with Crippen LogP contribution in [0.25, 0.3) is 10.9 Å². The van der Waals surface area contributed by atoms with Crippen LogP contribution < -0.4 is 10.1 Å². The number of nitrogens with zero attached hydrogens (tertiary/aromatic N) is 2. The fourth-order valence-electron chi connectivity index (χ4n) is 5.95. The zero-order chi connectivity index (χ0) is 28.6. The number of ether oxygens (including phenoxy) is 1. The molecule has 4 rings (SSSR count). The van der Waals surface area contributed by atoms with E-state index in [1.807, 2.05) is 4.90 Å². The number of carboxylic acids is 1. The second-order valence-corrected chi connectivity index (χ2v) is 10.7. The van der Waals surface area contributed by atoms with Gasteiger partial charge in [0, 0.05) is 35.2 Å². The minimum atomic E-state index is -1.24. The number of H-pyrrole nitrogens is 1. The van der Waals surface area contributed by atoms with E-state index in [-0.39, 0.29) is 23.6 Å². The fourth-order valence-corrected chi connectivity index (χ4v) is 5.95. The van der Waals surface area contributed by atoms with Crippen LogP contribution in [0, 0.1) is 0 Å². The Hall–Kier alpha value is -3.89. The van der Waals surface area contributed by atoms with Crippen molar-refractivity contribution in [3.05, 3.63) is 30.0 Å². The third kappa shape index (κ3) is 7.00. The van der Waals surface area contributed by atoms with E-state index in [0.29, 0.717) is 16.7 Å². The Balaban J connectivity index is 1.58. The number of ketones is 1. The Morgan fingerprint density at radius 1 is 0.950 bits per heavy atom. The highest BCUT2D eigenvalue weighted by Crippen LogP contribution is 2.31. The highest BCUT2D eigenvalue weighted by Gasteiger charge is 2.35. The standard InChI is InChI=1S/C29H38N4O7/c1-40-21-12-13-22-23(15-30-24(22)14-21)28(38)29(39)32(17-25(34)31-16-27(36)37)18-26(35)33(19-8-4-2-5-9-19)20-10-6-3-7-11-20/h12-15,19-20,30H,2-11,16-18H2,1H3,(H,31,34)(H,36,37). The Morgan fingerprint density at radius 3 is 2.15 bits per heavy atom. The van der Waals surface area contributed by atoms with Crippen LogP contribution in [0.2, 0.25) is 0 Å². The van der Waals surface area contributed by atoms with Gasteiger partial charge in [0.1, 0.15) is 25.4 Å². The minimum absolute atomic E-state index is 0.0708. The topological polar surface area (TPSA) is 149 Å². The molecule has 11 nitrogen and oxygen atoms in total. The van der Waals surface area contributed by atoms with Gasteiger partial charge in [-0.1, -0.05) is 38.5 Å². The number of carbonyl (C=O) groups excluding carboxylic acids is 4. The van der Waals surface area contributed by atoms with E-state index in [4.69, 9.17) is 9.84 Å². The van der Waals surface area contributed by atoms with Crippen molar-refractivity contribution in [3.63, 3.8) is 0 Å². The lowest BCUT2D eigenvalue weighted by molar-refractivity contribution is -0.145. The number of aliphatic carboxylic acids is 1. The van der Waals surface area contributed by atoms with Crippen molar-refractivity contribution < 1.29 is 33.8 Å². The molecule has 1 aromatic carbocycles. The Kier molecular flexibility index (Phi) is 9.79. The van der Waals surface area contributed by atoms with Gasteiger partial charge in [0.2, 0.25) is 11.8 Å². The average molecular weight is 555 g/mol. The van der Waals surface area contributed by atoms with Crippen molar-refractivity contribution >= 4 is 40.4 Å². The first-order valence-electron chi connectivity index (χ1n) is 14.1. The van der Waals surface area contributed by atoms with Gasteiger partial charge in [-0.25, -0.2) is 0 Å². The summed E-state index contributed by atoms with van der Waals surface area (Å²) in [5, 5.41) is 11.7. The first-order chi connectivity index (χ1) is 19.3. The van der Waals surface area contributed by atoms with Gasteiger partial charge in [-0.15, -0.1) is 0 Å². The SMILES string of the molecule is COc1ccc2c(C(=O)C(=O)N(CC(=O)NCC(=O)O)CC(=O)N(C3CCCCC3)C3CCCCC3)c[nH]c2c1. The van der Waals surface area contributed by atoms with Crippen molar-refractivity contribution in [2.75, 3.05) is 26.7 Å². The molecule has 2 aliphatic carbocycles.